The number of carbonyl (C=O) groups is 2. The van der Waals surface area contributed by atoms with Crippen LogP contribution in [0.1, 0.15) is 40.4 Å². The van der Waals surface area contributed by atoms with Crippen molar-refractivity contribution >= 4 is 41.3 Å². The van der Waals surface area contributed by atoms with Crippen LogP contribution in [0, 0.1) is 0 Å². The van der Waals surface area contributed by atoms with Crippen molar-refractivity contribution in [2.75, 3.05) is 5.32 Å². The molecule has 4 nitrogen and oxygen atoms in total. The van der Waals surface area contributed by atoms with Gasteiger partial charge in [0.15, 0.2) is 0 Å². The molecular weight excluding hydrogens is 383 g/mol. The highest BCUT2D eigenvalue weighted by Gasteiger charge is 2.33. The molecule has 0 atom stereocenters. The van der Waals surface area contributed by atoms with Crippen molar-refractivity contribution in [3.63, 3.8) is 0 Å². The maximum atomic E-state index is 12.9. The van der Waals surface area contributed by atoms with Gasteiger partial charge < -0.3 is 10.4 Å². The summed E-state index contributed by atoms with van der Waals surface area (Å²) in [5.41, 5.74) is -0.212. The number of amides is 1. The zero-order valence-electron chi connectivity index (χ0n) is 14.1. The van der Waals surface area contributed by atoms with E-state index in [1.807, 2.05) is 0 Å². The van der Waals surface area contributed by atoms with Crippen molar-refractivity contribution in [3.8, 4) is 0 Å². The van der Waals surface area contributed by atoms with Gasteiger partial charge >= 0.3 is 12.1 Å². The summed E-state index contributed by atoms with van der Waals surface area (Å²) in [6.45, 7) is 1.63. The van der Waals surface area contributed by atoms with Gasteiger partial charge in [-0.05, 0) is 35.4 Å². The van der Waals surface area contributed by atoms with Gasteiger partial charge in [-0.3, -0.25) is 4.79 Å². The highest BCUT2D eigenvalue weighted by molar-refractivity contribution is 6.31. The molecule has 0 heterocycles. The summed E-state index contributed by atoms with van der Waals surface area (Å²) in [7, 11) is 0. The molecule has 0 aliphatic rings. The van der Waals surface area contributed by atoms with Crippen LogP contribution in [0.15, 0.2) is 36.4 Å². The van der Waals surface area contributed by atoms with E-state index in [1.54, 1.807) is 13.0 Å². The predicted octanol–water partition coefficient (Wildman–Crippen LogP) is 5.58. The Morgan fingerprint density at radius 1 is 1.11 bits per heavy atom. The zero-order chi connectivity index (χ0) is 20.2. The molecule has 142 valence electrons. The number of halogens is 4. The van der Waals surface area contributed by atoms with Crippen molar-refractivity contribution < 1.29 is 27.9 Å². The summed E-state index contributed by atoms with van der Waals surface area (Å²) in [6, 6.07) is 7.78. The normalized spacial score (nSPS) is 11.6. The molecule has 0 aliphatic heterocycles. The average Bonchev–Trinajstić information content (AvgIpc) is 2.60. The van der Waals surface area contributed by atoms with Gasteiger partial charge in [-0.25, -0.2) is 4.79 Å². The quantitative estimate of drug-likeness (QED) is 0.647. The smallest absolute Gasteiger partial charge is 0.417 e. The lowest BCUT2D eigenvalue weighted by Crippen LogP contribution is -2.13. The predicted molar refractivity (Wildman–Crippen MR) is 97.7 cm³/mol. The van der Waals surface area contributed by atoms with Crippen molar-refractivity contribution in [3.05, 3.63) is 63.7 Å². The molecule has 0 fully saturated rings. The first-order valence-corrected chi connectivity index (χ1v) is 8.21. The minimum Gasteiger partial charge on any atom is -0.478 e. The second-order valence-corrected chi connectivity index (χ2v) is 5.99. The molecule has 0 saturated carbocycles. The van der Waals surface area contributed by atoms with E-state index < -0.39 is 22.7 Å². The molecule has 0 radical (unpaired) electrons. The number of rotatable bonds is 5. The average molecular weight is 398 g/mol. The minimum atomic E-state index is -4.57. The number of anilines is 1. The first-order chi connectivity index (χ1) is 12.6. The molecule has 0 aliphatic carbocycles. The van der Waals surface area contributed by atoms with E-state index in [9.17, 15) is 27.9 Å². The fourth-order valence-electron chi connectivity index (χ4n) is 2.25. The van der Waals surface area contributed by atoms with Gasteiger partial charge in [-0.15, -0.1) is 0 Å². The maximum absolute atomic E-state index is 12.9. The number of alkyl halides is 3. The van der Waals surface area contributed by atoms with Gasteiger partial charge in [0, 0.05) is 6.42 Å². The lowest BCUT2D eigenvalue weighted by Gasteiger charge is -2.10. The van der Waals surface area contributed by atoms with Gasteiger partial charge in [0.2, 0.25) is 5.91 Å². The van der Waals surface area contributed by atoms with Crippen LogP contribution in [0.25, 0.3) is 12.2 Å². The Morgan fingerprint density at radius 2 is 1.70 bits per heavy atom. The summed E-state index contributed by atoms with van der Waals surface area (Å²) in [5, 5.41) is 11.4. The molecule has 0 bridgehead atoms. The summed E-state index contributed by atoms with van der Waals surface area (Å²) >= 11 is 5.58. The largest absolute Gasteiger partial charge is 0.478 e. The van der Waals surface area contributed by atoms with Crippen LogP contribution in [0.4, 0.5) is 18.9 Å². The molecule has 2 rings (SSSR count). The number of carboxylic acids is 1. The summed E-state index contributed by atoms with van der Waals surface area (Å²) < 4.78 is 38.7. The molecule has 0 saturated heterocycles. The van der Waals surface area contributed by atoms with Crippen molar-refractivity contribution in [1.82, 2.24) is 0 Å². The third-order valence-electron chi connectivity index (χ3n) is 3.63. The Kier molecular flexibility index (Phi) is 6.28. The topological polar surface area (TPSA) is 66.4 Å². The molecular formula is C19H15ClF3NO3. The van der Waals surface area contributed by atoms with Crippen LogP contribution in [0.5, 0.6) is 0 Å². The Bertz CT molecular complexity index is 908. The van der Waals surface area contributed by atoms with Crippen LogP contribution in [-0.4, -0.2) is 17.0 Å². The highest BCUT2D eigenvalue weighted by Crippen LogP contribution is 2.35. The van der Waals surface area contributed by atoms with Gasteiger partial charge in [-0.2, -0.15) is 13.2 Å². The first kappa shape index (κ1) is 20.5. The number of carboxylic acid groups (broad SMARTS) is 1. The minimum absolute atomic E-state index is 0.119. The Morgan fingerprint density at radius 3 is 2.26 bits per heavy atom. The molecule has 1 amide bonds. The van der Waals surface area contributed by atoms with Gasteiger partial charge in [0.05, 0.1) is 21.8 Å². The molecule has 27 heavy (non-hydrogen) atoms. The van der Waals surface area contributed by atoms with E-state index in [4.69, 9.17) is 11.6 Å². The third-order valence-corrected chi connectivity index (χ3v) is 3.96. The Hall–Kier alpha value is -2.80. The first-order valence-electron chi connectivity index (χ1n) is 7.84. The lowest BCUT2D eigenvalue weighted by molar-refractivity contribution is -0.137. The van der Waals surface area contributed by atoms with Crippen LogP contribution < -0.4 is 5.32 Å². The van der Waals surface area contributed by atoms with Crippen molar-refractivity contribution in [2.45, 2.75) is 19.5 Å². The van der Waals surface area contributed by atoms with Gasteiger partial charge in [0.25, 0.3) is 0 Å². The molecule has 2 aromatic rings. The Balaban J connectivity index is 2.33. The second-order valence-electron chi connectivity index (χ2n) is 5.58. The summed E-state index contributed by atoms with van der Waals surface area (Å²) in [4.78, 5) is 22.9. The summed E-state index contributed by atoms with van der Waals surface area (Å²) in [5.74, 6) is -1.57. The van der Waals surface area contributed by atoms with Crippen LogP contribution in [0.2, 0.25) is 5.02 Å². The number of aromatic carboxylic acids is 1. The lowest BCUT2D eigenvalue weighted by atomic mass is 10.1. The van der Waals surface area contributed by atoms with E-state index in [0.717, 1.165) is 12.1 Å². The van der Waals surface area contributed by atoms with Crippen molar-refractivity contribution in [1.29, 1.82) is 0 Å². The number of nitrogens with one attached hydrogen (secondary N) is 1. The number of carbonyl (C=O) groups excluding carboxylic acids is 1. The molecule has 8 heteroatoms. The van der Waals surface area contributed by atoms with E-state index >= 15 is 0 Å². The molecule has 0 spiro atoms. The van der Waals surface area contributed by atoms with Crippen molar-refractivity contribution in [2.24, 2.45) is 0 Å². The maximum Gasteiger partial charge on any atom is 0.417 e. The van der Waals surface area contributed by atoms with E-state index in [-0.39, 0.29) is 29.1 Å². The fraction of sp³-hybridized carbons (Fsp3) is 0.158. The second kappa shape index (κ2) is 8.26. The standard InChI is InChI=1S/C19H15ClF3NO3/c1-2-17(25)24-16-8-6-11(9-13(16)18(26)27)3-4-12-5-7-15(20)14(10-12)19(21,22)23/h3-10H,2H2,1H3,(H,24,25)(H,26,27). The highest BCUT2D eigenvalue weighted by atomic mass is 35.5. The zero-order valence-corrected chi connectivity index (χ0v) is 14.9. The number of hydrogen-bond acceptors (Lipinski definition) is 2. The molecule has 0 aromatic heterocycles. The van der Waals surface area contributed by atoms with Gasteiger partial charge in [-0.1, -0.05) is 42.8 Å². The van der Waals surface area contributed by atoms with Crippen LogP contribution in [0.3, 0.4) is 0 Å². The third kappa shape index (κ3) is 5.34. The van der Waals surface area contributed by atoms with E-state index in [0.29, 0.717) is 5.56 Å². The number of hydrogen-bond donors (Lipinski definition) is 2. The number of benzene rings is 2. The molecule has 0 unspecified atom stereocenters. The SMILES string of the molecule is CCC(=O)Nc1ccc(C=Cc2ccc(Cl)c(C(F)(F)F)c2)cc1C(=O)O. The van der Waals surface area contributed by atoms with E-state index in [2.05, 4.69) is 5.32 Å². The van der Waals surface area contributed by atoms with Gasteiger partial charge in [0.1, 0.15) is 0 Å². The molecule has 2 N–H and O–H groups in total. The van der Waals surface area contributed by atoms with Crippen LogP contribution in [-0.2, 0) is 11.0 Å². The van der Waals surface area contributed by atoms with Crippen LogP contribution >= 0.6 is 11.6 Å². The molecule has 2 aromatic carbocycles. The summed E-state index contributed by atoms with van der Waals surface area (Å²) in [6.07, 6.45) is -1.49. The van der Waals surface area contributed by atoms with E-state index in [1.165, 1.54) is 30.4 Å². The fourth-order valence-corrected chi connectivity index (χ4v) is 2.47. The monoisotopic (exact) mass is 397 g/mol. The Labute approximate surface area is 158 Å².